The molecule has 1 saturated carbocycles. The maximum atomic E-state index is 5.76. The molecular formula is C10H12N6S. The number of nitrogen functional groups attached to an aromatic ring is 2. The molecule has 0 unspecified atom stereocenters. The van der Waals surface area contributed by atoms with Crippen molar-refractivity contribution < 1.29 is 0 Å². The Labute approximate surface area is 102 Å². The normalized spacial score (nSPS) is 15.1. The van der Waals surface area contributed by atoms with Crippen molar-refractivity contribution in [2.75, 3.05) is 11.5 Å². The summed E-state index contributed by atoms with van der Waals surface area (Å²) < 4.78 is 1.87. The lowest BCUT2D eigenvalue weighted by atomic mass is 10.3. The molecule has 1 aromatic heterocycles. The van der Waals surface area contributed by atoms with E-state index in [1.807, 2.05) is 16.8 Å². The van der Waals surface area contributed by atoms with Crippen LogP contribution in [0.5, 0.6) is 0 Å². The predicted molar refractivity (Wildman–Crippen MR) is 65.5 cm³/mol. The quantitative estimate of drug-likeness (QED) is 0.795. The Balaban J connectivity index is 1.85. The van der Waals surface area contributed by atoms with Crippen LogP contribution in [0.3, 0.4) is 0 Å². The molecule has 1 aromatic carbocycles. The minimum absolute atomic E-state index is 0.471. The van der Waals surface area contributed by atoms with Gasteiger partial charge in [-0.15, -0.1) is 5.10 Å². The van der Waals surface area contributed by atoms with Gasteiger partial charge in [0.25, 0.3) is 0 Å². The highest BCUT2D eigenvalue weighted by atomic mass is 32.2. The minimum Gasteiger partial charge on any atom is -0.397 e. The standard InChI is InChI=1S/C10H12N6S/c11-8-4-3-7(5-9(8)12)17-10-13-14-15-16(10)6-1-2-6/h3-6H,1-2,11-12H2. The van der Waals surface area contributed by atoms with Crippen LogP contribution in [-0.4, -0.2) is 20.2 Å². The number of anilines is 2. The van der Waals surface area contributed by atoms with Gasteiger partial charge in [-0.1, -0.05) is 0 Å². The van der Waals surface area contributed by atoms with E-state index in [0.717, 1.165) is 22.9 Å². The highest BCUT2D eigenvalue weighted by molar-refractivity contribution is 7.99. The van der Waals surface area contributed by atoms with Crippen LogP contribution in [-0.2, 0) is 0 Å². The molecule has 0 atom stereocenters. The highest BCUT2D eigenvalue weighted by Crippen LogP contribution is 2.38. The van der Waals surface area contributed by atoms with E-state index in [2.05, 4.69) is 15.5 Å². The third-order valence-electron chi connectivity index (χ3n) is 2.62. The Kier molecular flexibility index (Phi) is 2.40. The molecular weight excluding hydrogens is 236 g/mol. The fourth-order valence-corrected chi connectivity index (χ4v) is 2.41. The van der Waals surface area contributed by atoms with Crippen molar-refractivity contribution in [3.63, 3.8) is 0 Å². The molecule has 17 heavy (non-hydrogen) atoms. The molecule has 0 saturated heterocycles. The van der Waals surface area contributed by atoms with E-state index in [1.165, 1.54) is 11.8 Å². The van der Waals surface area contributed by atoms with Gasteiger partial charge in [-0.3, -0.25) is 0 Å². The van der Waals surface area contributed by atoms with Crippen molar-refractivity contribution in [2.45, 2.75) is 28.9 Å². The SMILES string of the molecule is Nc1ccc(Sc2nnnn2C2CC2)cc1N. The van der Waals surface area contributed by atoms with Gasteiger partial charge in [0.1, 0.15) is 0 Å². The highest BCUT2D eigenvalue weighted by Gasteiger charge is 2.28. The monoisotopic (exact) mass is 248 g/mol. The van der Waals surface area contributed by atoms with E-state index in [-0.39, 0.29) is 0 Å². The van der Waals surface area contributed by atoms with Gasteiger partial charge in [0.2, 0.25) is 5.16 Å². The molecule has 3 rings (SSSR count). The average molecular weight is 248 g/mol. The van der Waals surface area contributed by atoms with Crippen LogP contribution in [0, 0.1) is 0 Å². The third kappa shape index (κ3) is 2.05. The van der Waals surface area contributed by atoms with Gasteiger partial charge in [-0.2, -0.15) is 0 Å². The van der Waals surface area contributed by atoms with Gasteiger partial charge < -0.3 is 11.5 Å². The molecule has 0 radical (unpaired) electrons. The number of nitrogens with two attached hydrogens (primary N) is 2. The second-order valence-electron chi connectivity index (χ2n) is 4.03. The summed E-state index contributed by atoms with van der Waals surface area (Å²) in [5.41, 5.74) is 12.6. The fourth-order valence-electron chi connectivity index (χ4n) is 1.52. The van der Waals surface area contributed by atoms with Crippen molar-refractivity contribution in [1.29, 1.82) is 0 Å². The van der Waals surface area contributed by atoms with Crippen LogP contribution in [0.1, 0.15) is 18.9 Å². The Morgan fingerprint density at radius 1 is 1.24 bits per heavy atom. The maximum absolute atomic E-state index is 5.76. The van der Waals surface area contributed by atoms with E-state index in [1.54, 1.807) is 6.07 Å². The van der Waals surface area contributed by atoms with E-state index < -0.39 is 0 Å². The molecule has 0 bridgehead atoms. The number of rotatable bonds is 3. The third-order valence-corrected chi connectivity index (χ3v) is 3.56. The molecule has 0 amide bonds. The Bertz CT molecular complexity index is 547. The molecule has 7 heteroatoms. The maximum Gasteiger partial charge on any atom is 0.214 e. The van der Waals surface area contributed by atoms with Gasteiger partial charge >= 0.3 is 0 Å². The molecule has 0 aliphatic heterocycles. The molecule has 1 aliphatic carbocycles. The van der Waals surface area contributed by atoms with E-state index in [9.17, 15) is 0 Å². The summed E-state index contributed by atoms with van der Waals surface area (Å²) in [7, 11) is 0. The Morgan fingerprint density at radius 3 is 2.76 bits per heavy atom. The van der Waals surface area contributed by atoms with Crippen LogP contribution in [0.4, 0.5) is 11.4 Å². The van der Waals surface area contributed by atoms with Gasteiger partial charge in [0, 0.05) is 4.90 Å². The molecule has 6 nitrogen and oxygen atoms in total. The summed E-state index contributed by atoms with van der Waals surface area (Å²) in [5, 5.41) is 12.5. The second kappa shape index (κ2) is 3.92. The zero-order chi connectivity index (χ0) is 11.8. The second-order valence-corrected chi connectivity index (χ2v) is 5.07. The van der Waals surface area contributed by atoms with Crippen LogP contribution in [0.25, 0.3) is 0 Å². The lowest BCUT2D eigenvalue weighted by molar-refractivity contribution is 0.565. The van der Waals surface area contributed by atoms with Gasteiger partial charge in [-0.05, 0) is 53.2 Å². The molecule has 1 aliphatic rings. The number of aromatic nitrogens is 4. The molecule has 4 N–H and O–H groups in total. The van der Waals surface area contributed by atoms with Crippen molar-refractivity contribution in [3.05, 3.63) is 18.2 Å². The minimum atomic E-state index is 0.471. The van der Waals surface area contributed by atoms with Crippen LogP contribution in [0.15, 0.2) is 28.3 Å². The van der Waals surface area contributed by atoms with E-state index in [4.69, 9.17) is 11.5 Å². The zero-order valence-corrected chi connectivity index (χ0v) is 9.89. The average Bonchev–Trinajstić information content (AvgIpc) is 3.05. The first kappa shape index (κ1) is 10.4. The molecule has 0 spiro atoms. The number of tetrazole rings is 1. The van der Waals surface area contributed by atoms with Crippen molar-refractivity contribution in [1.82, 2.24) is 20.2 Å². The first-order chi connectivity index (χ1) is 8.24. The number of benzene rings is 1. The summed E-state index contributed by atoms with van der Waals surface area (Å²) in [6, 6.07) is 6.02. The zero-order valence-electron chi connectivity index (χ0n) is 9.08. The summed E-state index contributed by atoms with van der Waals surface area (Å²) in [5.74, 6) is 0. The lowest BCUT2D eigenvalue weighted by Gasteiger charge is -2.04. The summed E-state index contributed by atoms with van der Waals surface area (Å²) in [6.45, 7) is 0. The number of nitrogens with zero attached hydrogens (tertiary/aromatic N) is 4. The largest absolute Gasteiger partial charge is 0.397 e. The van der Waals surface area contributed by atoms with Crippen LogP contribution in [0.2, 0.25) is 0 Å². The van der Waals surface area contributed by atoms with E-state index >= 15 is 0 Å². The summed E-state index contributed by atoms with van der Waals surface area (Å²) in [4.78, 5) is 0.994. The molecule has 1 heterocycles. The summed E-state index contributed by atoms with van der Waals surface area (Å²) >= 11 is 1.50. The Hall–Kier alpha value is -1.76. The lowest BCUT2D eigenvalue weighted by Crippen LogP contribution is -1.99. The van der Waals surface area contributed by atoms with Gasteiger partial charge in [0.05, 0.1) is 17.4 Å². The first-order valence-corrected chi connectivity index (χ1v) is 6.16. The van der Waals surface area contributed by atoms with Crippen molar-refractivity contribution in [3.8, 4) is 0 Å². The molecule has 88 valence electrons. The van der Waals surface area contributed by atoms with Gasteiger partial charge in [0.15, 0.2) is 0 Å². The first-order valence-electron chi connectivity index (χ1n) is 5.35. The van der Waals surface area contributed by atoms with E-state index in [0.29, 0.717) is 17.4 Å². The van der Waals surface area contributed by atoms with Crippen molar-refractivity contribution >= 4 is 23.1 Å². The predicted octanol–water partition coefficient (Wildman–Crippen LogP) is 1.32. The van der Waals surface area contributed by atoms with Gasteiger partial charge in [-0.25, -0.2) is 4.68 Å². The Morgan fingerprint density at radius 2 is 2.06 bits per heavy atom. The molecule has 2 aromatic rings. The number of hydrogen-bond acceptors (Lipinski definition) is 6. The fraction of sp³-hybridized carbons (Fsp3) is 0.300. The number of hydrogen-bond donors (Lipinski definition) is 2. The smallest absolute Gasteiger partial charge is 0.214 e. The van der Waals surface area contributed by atoms with Crippen molar-refractivity contribution in [2.24, 2.45) is 0 Å². The molecule has 1 fully saturated rings. The van der Waals surface area contributed by atoms with Crippen LogP contribution < -0.4 is 11.5 Å². The van der Waals surface area contributed by atoms with Crippen LogP contribution >= 0.6 is 11.8 Å². The summed E-state index contributed by atoms with van der Waals surface area (Å²) in [6.07, 6.45) is 2.31. The topological polar surface area (TPSA) is 95.6 Å².